The highest BCUT2D eigenvalue weighted by molar-refractivity contribution is 4.79. The molecule has 1 aliphatic heterocycles. The van der Waals surface area contributed by atoms with Gasteiger partial charge in [-0.05, 0) is 59.0 Å². The minimum Gasteiger partial charge on any atom is -0.298 e. The Balaban J connectivity index is 2.45. The van der Waals surface area contributed by atoms with Crippen molar-refractivity contribution in [3.63, 3.8) is 0 Å². The Morgan fingerprint density at radius 3 is 2.38 bits per heavy atom. The van der Waals surface area contributed by atoms with E-state index in [1.807, 2.05) is 0 Å². The Labute approximate surface area is 83.5 Å². The van der Waals surface area contributed by atoms with Crippen molar-refractivity contribution in [3.8, 4) is 0 Å². The minimum atomic E-state index is 0.378. The van der Waals surface area contributed by atoms with Crippen LogP contribution < -0.4 is 0 Å². The molecule has 13 heavy (non-hydrogen) atoms. The Hall–Kier alpha value is -0.0400. The van der Waals surface area contributed by atoms with E-state index in [0.717, 1.165) is 5.92 Å². The van der Waals surface area contributed by atoms with Crippen molar-refractivity contribution in [3.05, 3.63) is 0 Å². The summed E-state index contributed by atoms with van der Waals surface area (Å²) in [5, 5.41) is 0. The predicted molar refractivity (Wildman–Crippen MR) is 59.0 cm³/mol. The van der Waals surface area contributed by atoms with E-state index in [0.29, 0.717) is 5.54 Å². The lowest BCUT2D eigenvalue weighted by molar-refractivity contribution is 0.141. The van der Waals surface area contributed by atoms with Gasteiger partial charge in [-0.1, -0.05) is 13.3 Å². The van der Waals surface area contributed by atoms with Crippen LogP contribution in [0.1, 0.15) is 53.4 Å². The molecule has 0 amide bonds. The highest BCUT2D eigenvalue weighted by atomic mass is 15.2. The Morgan fingerprint density at radius 1 is 1.15 bits per heavy atom. The Morgan fingerprint density at radius 2 is 1.85 bits per heavy atom. The van der Waals surface area contributed by atoms with Crippen LogP contribution in [0.3, 0.4) is 0 Å². The molecule has 1 atom stereocenters. The maximum Gasteiger partial charge on any atom is 0.0125 e. The second-order valence-electron chi connectivity index (χ2n) is 5.36. The number of likely N-dealkylation sites (tertiary alicyclic amines) is 1. The molecule has 1 saturated heterocycles. The van der Waals surface area contributed by atoms with Gasteiger partial charge in [-0.25, -0.2) is 0 Å². The van der Waals surface area contributed by atoms with Gasteiger partial charge in [0.25, 0.3) is 0 Å². The van der Waals surface area contributed by atoms with E-state index in [1.54, 1.807) is 0 Å². The van der Waals surface area contributed by atoms with Crippen LogP contribution in [0.5, 0.6) is 0 Å². The van der Waals surface area contributed by atoms with Gasteiger partial charge in [0.15, 0.2) is 0 Å². The third-order valence-corrected chi connectivity index (χ3v) is 3.37. The molecule has 0 spiro atoms. The average molecular weight is 183 g/mol. The normalized spacial score (nSPS) is 27.2. The zero-order valence-electron chi connectivity index (χ0n) is 9.77. The fourth-order valence-corrected chi connectivity index (χ4v) is 2.24. The average Bonchev–Trinajstić information content (AvgIpc) is 2.26. The van der Waals surface area contributed by atoms with Crippen LogP contribution in [0.15, 0.2) is 0 Å². The Bertz CT molecular complexity index is 146. The molecule has 0 aromatic heterocycles. The van der Waals surface area contributed by atoms with E-state index in [9.17, 15) is 0 Å². The number of hydrogen-bond acceptors (Lipinski definition) is 1. The fraction of sp³-hybridized carbons (Fsp3) is 1.00. The second kappa shape index (κ2) is 4.45. The first-order valence-corrected chi connectivity index (χ1v) is 5.79. The molecule has 1 rings (SSSR count). The molecule has 0 aromatic carbocycles. The van der Waals surface area contributed by atoms with Gasteiger partial charge >= 0.3 is 0 Å². The molecule has 1 unspecified atom stereocenters. The minimum absolute atomic E-state index is 0.378. The van der Waals surface area contributed by atoms with Crippen LogP contribution in [0.4, 0.5) is 0 Å². The number of rotatable bonds is 1. The van der Waals surface area contributed by atoms with Gasteiger partial charge in [-0.3, -0.25) is 4.90 Å². The Kier molecular flexibility index (Phi) is 3.78. The predicted octanol–water partition coefficient (Wildman–Crippen LogP) is 3.30. The molecule has 1 fully saturated rings. The van der Waals surface area contributed by atoms with Crippen LogP contribution >= 0.6 is 0 Å². The van der Waals surface area contributed by atoms with Crippen molar-refractivity contribution in [2.24, 2.45) is 5.92 Å². The third-order valence-electron chi connectivity index (χ3n) is 3.37. The first kappa shape index (κ1) is 11.0. The zero-order valence-corrected chi connectivity index (χ0v) is 9.77. The molecule has 1 heterocycles. The molecule has 0 N–H and O–H groups in total. The van der Waals surface area contributed by atoms with Gasteiger partial charge < -0.3 is 0 Å². The van der Waals surface area contributed by atoms with Crippen molar-refractivity contribution >= 4 is 0 Å². The summed E-state index contributed by atoms with van der Waals surface area (Å²) < 4.78 is 0. The van der Waals surface area contributed by atoms with E-state index in [1.165, 1.54) is 38.8 Å². The molecular weight excluding hydrogens is 158 g/mol. The molecule has 1 nitrogen and oxygen atoms in total. The topological polar surface area (TPSA) is 3.24 Å². The summed E-state index contributed by atoms with van der Waals surface area (Å²) in [6, 6.07) is 0. The molecular formula is C12H25N. The molecule has 1 aliphatic rings. The van der Waals surface area contributed by atoms with Crippen molar-refractivity contribution in [1.82, 2.24) is 4.90 Å². The summed E-state index contributed by atoms with van der Waals surface area (Å²) >= 11 is 0. The van der Waals surface area contributed by atoms with Crippen molar-refractivity contribution in [2.45, 2.75) is 58.9 Å². The quantitative estimate of drug-likeness (QED) is 0.603. The third kappa shape index (κ3) is 3.30. The second-order valence-corrected chi connectivity index (χ2v) is 5.36. The van der Waals surface area contributed by atoms with Crippen molar-refractivity contribution in [1.29, 1.82) is 0 Å². The lowest BCUT2D eigenvalue weighted by Crippen LogP contribution is -2.41. The van der Waals surface area contributed by atoms with Crippen LogP contribution in [-0.2, 0) is 0 Å². The van der Waals surface area contributed by atoms with Crippen LogP contribution in [0, 0.1) is 5.92 Å². The number of nitrogens with zero attached hydrogens (tertiary/aromatic N) is 1. The van der Waals surface area contributed by atoms with E-state index < -0.39 is 0 Å². The first-order valence-electron chi connectivity index (χ1n) is 5.79. The molecule has 0 saturated carbocycles. The van der Waals surface area contributed by atoms with Crippen LogP contribution in [0.2, 0.25) is 0 Å². The van der Waals surface area contributed by atoms with Crippen molar-refractivity contribution in [2.75, 3.05) is 13.1 Å². The fourth-order valence-electron chi connectivity index (χ4n) is 2.24. The van der Waals surface area contributed by atoms with Gasteiger partial charge in [-0.2, -0.15) is 0 Å². The smallest absolute Gasteiger partial charge is 0.0125 e. The number of hydrogen-bond donors (Lipinski definition) is 0. The van der Waals surface area contributed by atoms with Crippen LogP contribution in [-0.4, -0.2) is 23.5 Å². The van der Waals surface area contributed by atoms with Gasteiger partial charge in [0.1, 0.15) is 0 Å². The first-order chi connectivity index (χ1) is 6.04. The molecule has 0 aromatic rings. The molecule has 1 heteroatoms. The van der Waals surface area contributed by atoms with E-state index >= 15 is 0 Å². The zero-order chi connectivity index (χ0) is 9.90. The largest absolute Gasteiger partial charge is 0.298 e. The lowest BCUT2D eigenvalue weighted by atomic mass is 9.98. The van der Waals surface area contributed by atoms with Gasteiger partial charge in [0.2, 0.25) is 0 Å². The highest BCUT2D eigenvalue weighted by Crippen LogP contribution is 2.24. The molecule has 0 aliphatic carbocycles. The molecule has 0 radical (unpaired) electrons. The van der Waals surface area contributed by atoms with E-state index in [2.05, 4.69) is 32.6 Å². The lowest BCUT2D eigenvalue weighted by Gasteiger charge is -2.34. The summed E-state index contributed by atoms with van der Waals surface area (Å²) in [6.07, 6.45) is 5.63. The highest BCUT2D eigenvalue weighted by Gasteiger charge is 2.24. The summed E-state index contributed by atoms with van der Waals surface area (Å²) in [5.74, 6) is 0.993. The maximum atomic E-state index is 2.64. The van der Waals surface area contributed by atoms with Gasteiger partial charge in [-0.15, -0.1) is 0 Å². The van der Waals surface area contributed by atoms with Gasteiger partial charge in [0, 0.05) is 5.54 Å². The summed E-state index contributed by atoms with van der Waals surface area (Å²) in [6.45, 7) is 11.9. The van der Waals surface area contributed by atoms with E-state index in [-0.39, 0.29) is 0 Å². The summed E-state index contributed by atoms with van der Waals surface area (Å²) in [4.78, 5) is 2.64. The van der Waals surface area contributed by atoms with Gasteiger partial charge in [0.05, 0.1) is 0 Å². The molecule has 0 bridgehead atoms. The molecule has 78 valence electrons. The monoisotopic (exact) mass is 183 g/mol. The summed E-state index contributed by atoms with van der Waals surface area (Å²) in [5.41, 5.74) is 0.378. The van der Waals surface area contributed by atoms with Crippen molar-refractivity contribution < 1.29 is 0 Å². The van der Waals surface area contributed by atoms with Crippen LogP contribution in [0.25, 0.3) is 0 Å². The summed E-state index contributed by atoms with van der Waals surface area (Å²) in [7, 11) is 0. The van der Waals surface area contributed by atoms with E-state index in [4.69, 9.17) is 0 Å². The SMILES string of the molecule is CCC1CCCN(C(C)(C)C)CC1. The standard InChI is InChI=1S/C12H25N/c1-5-11-7-6-9-13(10-8-11)12(2,3)4/h11H,5-10H2,1-4H3. The maximum absolute atomic E-state index is 2.64.